The Labute approximate surface area is 180 Å². The van der Waals surface area contributed by atoms with E-state index in [2.05, 4.69) is 4.57 Å². The minimum absolute atomic E-state index is 0.0574. The second-order valence-corrected chi connectivity index (χ2v) is 9.94. The molecule has 0 saturated heterocycles. The van der Waals surface area contributed by atoms with Crippen LogP contribution in [0, 0.1) is 0 Å². The number of rotatable bonds is 9. The largest absolute Gasteiger partial charge is 0.369 e. The van der Waals surface area contributed by atoms with Crippen molar-refractivity contribution in [3.63, 3.8) is 0 Å². The number of hydrogen-bond donors (Lipinski definition) is 3. The summed E-state index contributed by atoms with van der Waals surface area (Å²) in [5.74, 6) is -0.119. The van der Waals surface area contributed by atoms with Crippen molar-refractivity contribution < 1.29 is 23.9 Å². The molecule has 31 heavy (non-hydrogen) atoms. The molecule has 1 atom stereocenters. The highest BCUT2D eigenvalue weighted by molar-refractivity contribution is 7.52. The Hall–Kier alpha value is -2.73. The Morgan fingerprint density at radius 3 is 2.48 bits per heavy atom. The van der Waals surface area contributed by atoms with Crippen molar-refractivity contribution in [1.29, 1.82) is 0 Å². The number of amides is 1. The number of nitrogens with two attached hydrogens (primary N) is 1. The smallest absolute Gasteiger partial charge is 0.333 e. The van der Waals surface area contributed by atoms with Gasteiger partial charge >= 0.3 is 7.60 Å². The van der Waals surface area contributed by atoms with Crippen molar-refractivity contribution in [3.05, 3.63) is 70.9 Å². The SMILES string of the molecule is NC(=O)Cc1c(C2CC2)n(Cc2ccccc2)c2ccc(C(CC=O)P(=O)(O)O)cc12. The number of fused-ring (bicyclic) bond motifs is 1. The van der Waals surface area contributed by atoms with E-state index in [-0.39, 0.29) is 12.8 Å². The minimum Gasteiger partial charge on any atom is -0.369 e. The van der Waals surface area contributed by atoms with Gasteiger partial charge in [-0.25, -0.2) is 0 Å². The summed E-state index contributed by atoms with van der Waals surface area (Å²) in [6.45, 7) is 0.623. The van der Waals surface area contributed by atoms with E-state index in [1.165, 1.54) is 0 Å². The highest BCUT2D eigenvalue weighted by Gasteiger charge is 2.34. The first-order valence-electron chi connectivity index (χ1n) is 10.3. The number of aldehydes is 1. The van der Waals surface area contributed by atoms with E-state index in [9.17, 15) is 23.9 Å². The molecule has 1 unspecified atom stereocenters. The van der Waals surface area contributed by atoms with Crippen molar-refractivity contribution in [3.8, 4) is 0 Å². The highest BCUT2D eigenvalue weighted by atomic mass is 31.2. The second kappa shape index (κ2) is 8.42. The van der Waals surface area contributed by atoms with E-state index < -0.39 is 19.2 Å². The first-order valence-corrected chi connectivity index (χ1v) is 11.9. The number of hydrogen-bond acceptors (Lipinski definition) is 3. The Kier molecular flexibility index (Phi) is 5.84. The third-order valence-corrected chi connectivity index (χ3v) is 7.17. The van der Waals surface area contributed by atoms with Crippen LogP contribution in [0.25, 0.3) is 10.9 Å². The topological polar surface area (TPSA) is 123 Å². The summed E-state index contributed by atoms with van der Waals surface area (Å²) in [4.78, 5) is 42.5. The van der Waals surface area contributed by atoms with Gasteiger partial charge < -0.3 is 24.9 Å². The van der Waals surface area contributed by atoms with Gasteiger partial charge in [0, 0.05) is 29.6 Å². The first-order chi connectivity index (χ1) is 14.8. The lowest BCUT2D eigenvalue weighted by atomic mass is 10.0. The molecular formula is C23H25N2O5P. The van der Waals surface area contributed by atoms with E-state index >= 15 is 0 Å². The van der Waals surface area contributed by atoms with Crippen LogP contribution in [0.1, 0.15) is 53.2 Å². The maximum Gasteiger partial charge on any atom is 0.333 e. The lowest BCUT2D eigenvalue weighted by Gasteiger charge is -2.17. The number of carbonyl (C=O) groups is 2. The van der Waals surface area contributed by atoms with Gasteiger partial charge in [-0.2, -0.15) is 0 Å². The van der Waals surface area contributed by atoms with Crippen LogP contribution < -0.4 is 5.73 Å². The van der Waals surface area contributed by atoms with Crippen LogP contribution in [0.15, 0.2) is 48.5 Å². The predicted molar refractivity (Wildman–Crippen MR) is 118 cm³/mol. The Balaban J connectivity index is 1.92. The number of primary amides is 1. The van der Waals surface area contributed by atoms with Crippen LogP contribution in [-0.2, 0) is 27.1 Å². The predicted octanol–water partition coefficient (Wildman–Crippen LogP) is 3.40. The van der Waals surface area contributed by atoms with Crippen LogP contribution in [0.2, 0.25) is 0 Å². The van der Waals surface area contributed by atoms with Crippen molar-refractivity contribution in [1.82, 2.24) is 4.57 Å². The third kappa shape index (κ3) is 4.49. The van der Waals surface area contributed by atoms with Crippen molar-refractivity contribution >= 4 is 30.7 Å². The van der Waals surface area contributed by atoms with Gasteiger partial charge in [-0.05, 0) is 47.6 Å². The van der Waals surface area contributed by atoms with E-state index in [0.29, 0.717) is 24.3 Å². The Bertz CT molecular complexity index is 1180. The molecule has 0 radical (unpaired) electrons. The molecular weight excluding hydrogens is 415 g/mol. The molecule has 4 N–H and O–H groups in total. The molecule has 162 valence electrons. The fourth-order valence-corrected chi connectivity index (χ4v) is 5.26. The molecule has 1 amide bonds. The molecule has 1 aliphatic carbocycles. The normalized spacial score (nSPS) is 15.2. The number of nitrogens with zero attached hydrogens (tertiary/aromatic N) is 1. The van der Waals surface area contributed by atoms with Gasteiger partial charge in [-0.15, -0.1) is 0 Å². The molecule has 1 saturated carbocycles. The molecule has 1 heterocycles. The molecule has 0 spiro atoms. The summed E-state index contributed by atoms with van der Waals surface area (Å²) in [6, 6.07) is 15.2. The fourth-order valence-electron chi connectivity index (χ4n) is 4.35. The fraction of sp³-hybridized carbons (Fsp3) is 0.304. The summed E-state index contributed by atoms with van der Waals surface area (Å²) in [6.07, 6.45) is 2.36. The first kappa shape index (κ1) is 21.5. The molecule has 1 aromatic heterocycles. The van der Waals surface area contributed by atoms with Gasteiger partial charge in [-0.1, -0.05) is 36.4 Å². The zero-order valence-corrected chi connectivity index (χ0v) is 17.9. The summed E-state index contributed by atoms with van der Waals surface area (Å²) in [7, 11) is -4.53. The van der Waals surface area contributed by atoms with E-state index in [1.807, 2.05) is 36.4 Å². The summed E-state index contributed by atoms with van der Waals surface area (Å²) >= 11 is 0. The maximum atomic E-state index is 12.0. The molecule has 0 aliphatic heterocycles. The van der Waals surface area contributed by atoms with Crippen LogP contribution >= 0.6 is 7.60 Å². The average Bonchev–Trinajstić information content (AvgIpc) is 3.51. The van der Waals surface area contributed by atoms with Crippen LogP contribution in [0.3, 0.4) is 0 Å². The summed E-state index contributed by atoms with van der Waals surface area (Å²) in [5, 5.41) is 0.762. The Morgan fingerprint density at radius 1 is 1.19 bits per heavy atom. The number of benzene rings is 2. The van der Waals surface area contributed by atoms with Crippen molar-refractivity contribution in [2.24, 2.45) is 5.73 Å². The van der Waals surface area contributed by atoms with Gasteiger partial charge in [0.2, 0.25) is 5.91 Å². The van der Waals surface area contributed by atoms with Gasteiger partial charge in [0.15, 0.2) is 0 Å². The number of aromatic nitrogens is 1. The monoisotopic (exact) mass is 440 g/mol. The van der Waals surface area contributed by atoms with E-state index in [1.54, 1.807) is 12.1 Å². The lowest BCUT2D eigenvalue weighted by molar-refractivity contribution is -0.117. The van der Waals surface area contributed by atoms with E-state index in [4.69, 9.17) is 5.73 Å². The van der Waals surface area contributed by atoms with Crippen LogP contribution in [-0.4, -0.2) is 26.5 Å². The van der Waals surface area contributed by atoms with Crippen molar-refractivity contribution in [2.45, 2.75) is 43.8 Å². The molecule has 0 bridgehead atoms. The summed E-state index contributed by atoms with van der Waals surface area (Å²) < 4.78 is 14.2. The quantitative estimate of drug-likeness (QED) is 0.348. The minimum atomic E-state index is -4.53. The van der Waals surface area contributed by atoms with Gasteiger partial charge in [0.1, 0.15) is 6.29 Å². The molecule has 3 aromatic rings. The standard InChI is InChI=1S/C23H25N2O5P/c24-22(27)13-19-18-12-17(21(10-11-26)31(28,29)30)8-9-20(18)25(23(19)16-6-7-16)14-15-4-2-1-3-5-15/h1-5,8-9,11-12,16,21H,6-7,10,13-14H2,(H2,24,27)(H2,28,29,30). The van der Waals surface area contributed by atoms with Gasteiger partial charge in [-0.3, -0.25) is 9.36 Å². The van der Waals surface area contributed by atoms with Gasteiger partial charge in [0.25, 0.3) is 0 Å². The molecule has 1 fully saturated rings. The van der Waals surface area contributed by atoms with Crippen LogP contribution in [0.5, 0.6) is 0 Å². The van der Waals surface area contributed by atoms with E-state index in [0.717, 1.165) is 40.6 Å². The zero-order chi connectivity index (χ0) is 22.2. The van der Waals surface area contributed by atoms with Crippen molar-refractivity contribution in [2.75, 3.05) is 0 Å². The average molecular weight is 440 g/mol. The molecule has 4 rings (SSSR count). The van der Waals surface area contributed by atoms with Crippen LogP contribution in [0.4, 0.5) is 0 Å². The zero-order valence-electron chi connectivity index (χ0n) is 17.0. The summed E-state index contributed by atoms with van der Waals surface area (Å²) in [5.41, 5.74) is 8.63. The number of carbonyl (C=O) groups excluding carboxylic acids is 2. The Morgan fingerprint density at radius 2 is 1.90 bits per heavy atom. The van der Waals surface area contributed by atoms with Gasteiger partial charge in [0.05, 0.1) is 12.1 Å². The molecule has 2 aromatic carbocycles. The molecule has 1 aliphatic rings. The molecule has 7 nitrogen and oxygen atoms in total. The maximum absolute atomic E-state index is 12.0. The highest BCUT2D eigenvalue weighted by Crippen LogP contribution is 2.54. The third-order valence-electron chi connectivity index (χ3n) is 5.85. The molecule has 8 heteroatoms. The second-order valence-electron chi connectivity index (χ2n) is 8.14. The lowest BCUT2D eigenvalue weighted by Crippen LogP contribution is -2.15.